The Balaban J connectivity index is 2.10. The number of aryl methyl sites for hydroxylation is 1. The zero-order valence-corrected chi connectivity index (χ0v) is 11.2. The highest BCUT2D eigenvalue weighted by atomic mass is 16.3. The van der Waals surface area contributed by atoms with Crippen molar-refractivity contribution in [2.75, 3.05) is 0 Å². The number of nitrogens with zero attached hydrogens (tertiary/aromatic N) is 1. The lowest BCUT2D eigenvalue weighted by atomic mass is 10.0. The molecule has 0 spiro atoms. The molecule has 0 radical (unpaired) electrons. The summed E-state index contributed by atoms with van der Waals surface area (Å²) in [7, 11) is 0. The molecule has 0 saturated carbocycles. The number of hydrogen-bond acceptors (Lipinski definition) is 3. The van der Waals surface area contributed by atoms with Gasteiger partial charge in [0.15, 0.2) is 0 Å². The maximum Gasteiger partial charge on any atom is 0.258 e. The fourth-order valence-electron chi connectivity index (χ4n) is 2.69. The first-order chi connectivity index (χ1) is 9.56. The van der Waals surface area contributed by atoms with Crippen molar-refractivity contribution in [1.29, 1.82) is 0 Å². The van der Waals surface area contributed by atoms with Gasteiger partial charge >= 0.3 is 0 Å². The van der Waals surface area contributed by atoms with Gasteiger partial charge < -0.3 is 15.0 Å². The number of aliphatic hydroxyl groups is 1. The molecule has 1 fully saturated rings. The number of rotatable bonds is 1. The van der Waals surface area contributed by atoms with Crippen LogP contribution in [-0.2, 0) is 4.79 Å². The number of hydrogen-bond donors (Lipinski definition) is 2. The molecule has 1 aromatic carbocycles. The van der Waals surface area contributed by atoms with Gasteiger partial charge in [-0.15, -0.1) is 0 Å². The molecule has 2 atom stereocenters. The summed E-state index contributed by atoms with van der Waals surface area (Å²) in [6.07, 6.45) is 1.45. The molecular formula is C15H16N2O3. The third kappa shape index (κ3) is 2.10. The molecule has 104 valence electrons. The van der Waals surface area contributed by atoms with E-state index in [1.54, 1.807) is 6.20 Å². The van der Waals surface area contributed by atoms with Crippen molar-refractivity contribution in [3.8, 4) is 0 Å². The lowest BCUT2D eigenvalue weighted by Crippen LogP contribution is -2.47. The van der Waals surface area contributed by atoms with Crippen molar-refractivity contribution >= 4 is 16.7 Å². The van der Waals surface area contributed by atoms with Gasteiger partial charge in [-0.25, -0.2) is 0 Å². The number of nitrogens with one attached hydrogen (secondary N) is 1. The Kier molecular flexibility index (Phi) is 3.06. The van der Waals surface area contributed by atoms with E-state index in [9.17, 15) is 14.7 Å². The first-order valence-corrected chi connectivity index (χ1v) is 6.65. The summed E-state index contributed by atoms with van der Waals surface area (Å²) >= 11 is 0. The van der Waals surface area contributed by atoms with Gasteiger partial charge in [-0.05, 0) is 30.9 Å². The molecule has 2 N–H and O–H groups in total. The molecule has 1 aliphatic rings. The van der Waals surface area contributed by atoms with Crippen LogP contribution in [-0.4, -0.2) is 21.8 Å². The van der Waals surface area contributed by atoms with E-state index in [4.69, 9.17) is 0 Å². The summed E-state index contributed by atoms with van der Waals surface area (Å²) in [5.41, 5.74) is 0.885. The number of pyridine rings is 1. The molecule has 2 aromatic rings. The molecule has 5 nitrogen and oxygen atoms in total. The number of carbonyl (C=O) groups excluding carboxylic acids is 1. The van der Waals surface area contributed by atoms with Crippen molar-refractivity contribution in [3.05, 3.63) is 46.4 Å². The normalized spacial score (nSPS) is 22.8. The summed E-state index contributed by atoms with van der Waals surface area (Å²) in [6.45, 7) is 1.94. The predicted molar refractivity (Wildman–Crippen MR) is 75.4 cm³/mol. The molecule has 3 rings (SSSR count). The Morgan fingerprint density at radius 3 is 2.85 bits per heavy atom. The van der Waals surface area contributed by atoms with Crippen LogP contribution in [0.25, 0.3) is 10.8 Å². The minimum absolute atomic E-state index is 0.133. The lowest BCUT2D eigenvalue weighted by Gasteiger charge is -2.29. The van der Waals surface area contributed by atoms with Gasteiger partial charge in [0.25, 0.3) is 5.56 Å². The van der Waals surface area contributed by atoms with E-state index in [1.807, 2.05) is 31.2 Å². The zero-order chi connectivity index (χ0) is 14.3. The van der Waals surface area contributed by atoms with Crippen LogP contribution >= 0.6 is 0 Å². The van der Waals surface area contributed by atoms with Crippen molar-refractivity contribution in [2.24, 2.45) is 0 Å². The predicted octanol–water partition coefficient (Wildman–Crippen LogP) is 1.08. The van der Waals surface area contributed by atoms with E-state index in [-0.39, 0.29) is 11.5 Å². The molecule has 2 heterocycles. The van der Waals surface area contributed by atoms with E-state index >= 15 is 0 Å². The van der Waals surface area contributed by atoms with Crippen LogP contribution < -0.4 is 10.9 Å². The van der Waals surface area contributed by atoms with Crippen molar-refractivity contribution in [1.82, 2.24) is 9.88 Å². The van der Waals surface area contributed by atoms with Crippen LogP contribution in [0.2, 0.25) is 0 Å². The summed E-state index contributed by atoms with van der Waals surface area (Å²) < 4.78 is 1.52. The average Bonchev–Trinajstić information content (AvgIpc) is 2.41. The van der Waals surface area contributed by atoms with Crippen LogP contribution in [0.1, 0.15) is 24.4 Å². The van der Waals surface area contributed by atoms with Crippen LogP contribution in [0.3, 0.4) is 0 Å². The van der Waals surface area contributed by atoms with Gasteiger partial charge in [0, 0.05) is 18.0 Å². The first-order valence-electron chi connectivity index (χ1n) is 6.65. The zero-order valence-electron chi connectivity index (χ0n) is 11.2. The van der Waals surface area contributed by atoms with Gasteiger partial charge in [-0.2, -0.15) is 0 Å². The third-order valence-corrected chi connectivity index (χ3v) is 3.79. The van der Waals surface area contributed by atoms with E-state index in [0.29, 0.717) is 18.2 Å². The Hall–Kier alpha value is -2.14. The fourth-order valence-corrected chi connectivity index (χ4v) is 2.69. The second-order valence-electron chi connectivity index (χ2n) is 5.24. The van der Waals surface area contributed by atoms with Gasteiger partial charge in [-0.1, -0.05) is 17.7 Å². The number of aromatic nitrogens is 1. The maximum absolute atomic E-state index is 12.5. The standard InChI is InChI=1S/C15H16N2O3/c1-9-2-3-10-6-7-17(15(20)11(10)8-9)12-4-5-13(18)16-14(12)19/h2-3,6-8,12,14,19H,4-5H2,1H3,(H,16,18). The highest BCUT2D eigenvalue weighted by Crippen LogP contribution is 2.21. The smallest absolute Gasteiger partial charge is 0.258 e. The molecule has 1 aliphatic heterocycles. The quantitative estimate of drug-likeness (QED) is 0.816. The second kappa shape index (κ2) is 4.76. The van der Waals surface area contributed by atoms with Crippen LogP contribution in [0, 0.1) is 6.92 Å². The molecule has 1 saturated heterocycles. The maximum atomic E-state index is 12.5. The Labute approximate surface area is 115 Å². The molecular weight excluding hydrogens is 256 g/mol. The molecule has 5 heteroatoms. The molecule has 0 aliphatic carbocycles. The largest absolute Gasteiger partial charge is 0.372 e. The van der Waals surface area contributed by atoms with E-state index < -0.39 is 12.3 Å². The van der Waals surface area contributed by atoms with E-state index in [1.165, 1.54) is 4.57 Å². The van der Waals surface area contributed by atoms with Gasteiger partial charge in [0.05, 0.1) is 6.04 Å². The molecule has 2 unspecified atom stereocenters. The summed E-state index contributed by atoms with van der Waals surface area (Å²) in [5, 5.41) is 13.9. The van der Waals surface area contributed by atoms with Crippen LogP contribution in [0.5, 0.6) is 0 Å². The fraction of sp³-hybridized carbons (Fsp3) is 0.333. The van der Waals surface area contributed by atoms with Crippen molar-refractivity contribution in [3.63, 3.8) is 0 Å². The summed E-state index contributed by atoms with van der Waals surface area (Å²) in [6, 6.07) is 7.17. The summed E-state index contributed by atoms with van der Waals surface area (Å²) in [4.78, 5) is 23.8. The number of piperidine rings is 1. The van der Waals surface area contributed by atoms with Gasteiger partial charge in [0.1, 0.15) is 6.23 Å². The Morgan fingerprint density at radius 1 is 1.30 bits per heavy atom. The van der Waals surface area contributed by atoms with Crippen LogP contribution in [0.4, 0.5) is 0 Å². The lowest BCUT2D eigenvalue weighted by molar-refractivity contribution is -0.128. The topological polar surface area (TPSA) is 71.3 Å². The Bertz CT molecular complexity index is 735. The monoisotopic (exact) mass is 272 g/mol. The molecule has 20 heavy (non-hydrogen) atoms. The first kappa shape index (κ1) is 12.9. The second-order valence-corrected chi connectivity index (χ2v) is 5.24. The number of benzene rings is 1. The van der Waals surface area contributed by atoms with Gasteiger partial charge in [-0.3, -0.25) is 9.59 Å². The minimum atomic E-state index is -1.02. The SMILES string of the molecule is Cc1ccc2ccn(C3CCC(=O)NC3O)c(=O)c2c1. The molecule has 1 aromatic heterocycles. The van der Waals surface area contributed by atoms with Gasteiger partial charge in [0.2, 0.25) is 5.91 Å². The van der Waals surface area contributed by atoms with E-state index in [2.05, 4.69) is 5.32 Å². The highest BCUT2D eigenvalue weighted by Gasteiger charge is 2.28. The average molecular weight is 272 g/mol. The number of fused-ring (bicyclic) bond motifs is 1. The van der Waals surface area contributed by atoms with E-state index in [0.717, 1.165) is 10.9 Å². The van der Waals surface area contributed by atoms with Crippen molar-refractivity contribution < 1.29 is 9.90 Å². The third-order valence-electron chi connectivity index (χ3n) is 3.79. The summed E-state index contributed by atoms with van der Waals surface area (Å²) in [5.74, 6) is -0.182. The number of amides is 1. The Morgan fingerprint density at radius 2 is 2.10 bits per heavy atom. The minimum Gasteiger partial charge on any atom is -0.372 e. The van der Waals surface area contributed by atoms with Crippen molar-refractivity contribution in [2.45, 2.75) is 32.0 Å². The van der Waals surface area contributed by atoms with Crippen LogP contribution in [0.15, 0.2) is 35.3 Å². The molecule has 0 bridgehead atoms. The molecule has 1 amide bonds. The number of carbonyl (C=O) groups is 1. The number of aliphatic hydroxyl groups excluding tert-OH is 1. The highest BCUT2D eigenvalue weighted by molar-refractivity contribution is 5.82.